The SMILES string of the molecule is CCCC1CCC(c2ccc(-c3ccc(C4CCC(CCC)CC4)c(C)c3)cc2)CC1. The molecule has 0 atom stereocenters. The molecule has 0 bridgehead atoms. The van der Waals surface area contributed by atoms with Gasteiger partial charge in [0.1, 0.15) is 0 Å². The van der Waals surface area contributed by atoms with Crippen LogP contribution >= 0.6 is 0 Å². The number of benzene rings is 2. The van der Waals surface area contributed by atoms with Gasteiger partial charge in [0.2, 0.25) is 0 Å². The topological polar surface area (TPSA) is 0 Å². The van der Waals surface area contributed by atoms with Crippen LogP contribution in [0.3, 0.4) is 0 Å². The predicted octanol–water partition coefficient (Wildman–Crippen LogP) is 9.81. The Kier molecular flexibility index (Phi) is 7.91. The molecule has 0 nitrogen and oxygen atoms in total. The van der Waals surface area contributed by atoms with Crippen molar-refractivity contribution in [1.29, 1.82) is 0 Å². The van der Waals surface area contributed by atoms with Gasteiger partial charge in [-0.05, 0) is 110 Å². The molecule has 0 saturated heterocycles. The first-order chi connectivity index (χ1) is 15.2. The average Bonchev–Trinajstić information content (AvgIpc) is 2.81. The van der Waals surface area contributed by atoms with Crippen LogP contribution in [0.25, 0.3) is 11.1 Å². The Balaban J connectivity index is 1.38. The van der Waals surface area contributed by atoms with Gasteiger partial charge in [0.15, 0.2) is 0 Å². The Morgan fingerprint density at radius 2 is 1.13 bits per heavy atom. The van der Waals surface area contributed by atoms with Crippen molar-refractivity contribution in [3.05, 3.63) is 59.2 Å². The van der Waals surface area contributed by atoms with Crippen LogP contribution in [-0.4, -0.2) is 0 Å². The van der Waals surface area contributed by atoms with E-state index in [1.165, 1.54) is 93.7 Å². The molecule has 0 aliphatic heterocycles. The van der Waals surface area contributed by atoms with Crippen LogP contribution in [0.5, 0.6) is 0 Å². The van der Waals surface area contributed by atoms with Crippen LogP contribution in [0.1, 0.15) is 119 Å². The minimum absolute atomic E-state index is 0.785. The van der Waals surface area contributed by atoms with E-state index in [4.69, 9.17) is 0 Å². The number of rotatable bonds is 7. The van der Waals surface area contributed by atoms with Gasteiger partial charge in [0.25, 0.3) is 0 Å². The molecule has 0 heteroatoms. The van der Waals surface area contributed by atoms with Gasteiger partial charge in [0.05, 0.1) is 0 Å². The summed E-state index contributed by atoms with van der Waals surface area (Å²) in [5, 5.41) is 0. The van der Waals surface area contributed by atoms with Gasteiger partial charge in [-0.2, -0.15) is 0 Å². The van der Waals surface area contributed by atoms with Crippen molar-refractivity contribution in [1.82, 2.24) is 0 Å². The molecule has 31 heavy (non-hydrogen) atoms. The Hall–Kier alpha value is -1.56. The van der Waals surface area contributed by atoms with E-state index in [1.807, 2.05) is 0 Å². The lowest BCUT2D eigenvalue weighted by Gasteiger charge is -2.29. The molecule has 2 aromatic carbocycles. The maximum absolute atomic E-state index is 2.44. The van der Waals surface area contributed by atoms with Crippen molar-refractivity contribution in [2.45, 2.75) is 110 Å². The van der Waals surface area contributed by atoms with E-state index in [2.05, 4.69) is 63.2 Å². The van der Waals surface area contributed by atoms with Crippen molar-refractivity contribution in [2.75, 3.05) is 0 Å². The third-order valence-electron chi connectivity index (χ3n) is 8.51. The standard InChI is InChI=1S/C31H44/c1-4-6-24-8-12-26(13-9-24)27-16-18-28(19-17-27)30-20-21-31(23(3)22-30)29-14-10-25(7-5-2)11-15-29/h16-22,24-26,29H,4-15H2,1-3H3. The fraction of sp³-hybridized carbons (Fsp3) is 0.613. The summed E-state index contributed by atoms with van der Waals surface area (Å²) in [6.07, 6.45) is 16.8. The van der Waals surface area contributed by atoms with Crippen LogP contribution < -0.4 is 0 Å². The minimum atomic E-state index is 0.785. The summed E-state index contributed by atoms with van der Waals surface area (Å²) in [5.41, 5.74) is 7.44. The molecule has 2 aliphatic carbocycles. The molecule has 0 spiro atoms. The molecule has 0 aromatic heterocycles. The minimum Gasteiger partial charge on any atom is -0.0654 e. The molecule has 2 aromatic rings. The van der Waals surface area contributed by atoms with Crippen LogP contribution in [0.2, 0.25) is 0 Å². The van der Waals surface area contributed by atoms with E-state index in [-0.39, 0.29) is 0 Å². The highest BCUT2D eigenvalue weighted by molar-refractivity contribution is 5.65. The molecule has 0 radical (unpaired) electrons. The molecule has 0 heterocycles. The van der Waals surface area contributed by atoms with Crippen LogP contribution in [0.4, 0.5) is 0 Å². The maximum atomic E-state index is 2.44. The molecule has 0 amide bonds. The van der Waals surface area contributed by atoms with Gasteiger partial charge >= 0.3 is 0 Å². The monoisotopic (exact) mass is 416 g/mol. The summed E-state index contributed by atoms with van der Waals surface area (Å²) in [4.78, 5) is 0. The average molecular weight is 417 g/mol. The van der Waals surface area contributed by atoms with E-state index >= 15 is 0 Å². The molecule has 4 rings (SSSR count). The fourth-order valence-electron chi connectivity index (χ4n) is 6.62. The smallest absolute Gasteiger partial charge is 0.0159 e. The predicted molar refractivity (Wildman–Crippen MR) is 136 cm³/mol. The van der Waals surface area contributed by atoms with E-state index in [0.29, 0.717) is 0 Å². The van der Waals surface area contributed by atoms with Gasteiger partial charge in [-0.3, -0.25) is 0 Å². The first kappa shape index (κ1) is 22.6. The lowest BCUT2D eigenvalue weighted by atomic mass is 9.76. The van der Waals surface area contributed by atoms with E-state index in [1.54, 1.807) is 11.1 Å². The normalized spacial score (nSPS) is 26.7. The zero-order valence-electron chi connectivity index (χ0n) is 20.3. The summed E-state index contributed by atoms with van der Waals surface area (Å²) in [7, 11) is 0. The van der Waals surface area contributed by atoms with Gasteiger partial charge in [-0.1, -0.05) is 82.0 Å². The highest BCUT2D eigenvalue weighted by atomic mass is 14.3. The van der Waals surface area contributed by atoms with Crippen molar-refractivity contribution < 1.29 is 0 Å². The quantitative estimate of drug-likeness (QED) is 0.421. The van der Waals surface area contributed by atoms with Gasteiger partial charge < -0.3 is 0 Å². The van der Waals surface area contributed by atoms with Gasteiger partial charge in [0, 0.05) is 0 Å². The van der Waals surface area contributed by atoms with E-state index in [9.17, 15) is 0 Å². The highest BCUT2D eigenvalue weighted by Gasteiger charge is 2.24. The van der Waals surface area contributed by atoms with Crippen molar-refractivity contribution in [3.63, 3.8) is 0 Å². The Labute approximate surface area is 191 Å². The van der Waals surface area contributed by atoms with Gasteiger partial charge in [-0.25, -0.2) is 0 Å². The first-order valence-electron chi connectivity index (χ1n) is 13.4. The Morgan fingerprint density at radius 3 is 1.65 bits per heavy atom. The van der Waals surface area contributed by atoms with E-state index in [0.717, 1.165) is 23.7 Å². The number of aryl methyl sites for hydroxylation is 1. The summed E-state index contributed by atoms with van der Waals surface area (Å²) in [6, 6.07) is 16.8. The Bertz CT molecular complexity index is 798. The van der Waals surface area contributed by atoms with Crippen molar-refractivity contribution >= 4 is 0 Å². The third kappa shape index (κ3) is 5.63. The van der Waals surface area contributed by atoms with Gasteiger partial charge in [-0.15, -0.1) is 0 Å². The Morgan fingerprint density at radius 1 is 0.613 bits per heavy atom. The lowest BCUT2D eigenvalue weighted by molar-refractivity contribution is 0.308. The van der Waals surface area contributed by atoms with Crippen molar-refractivity contribution in [2.24, 2.45) is 11.8 Å². The summed E-state index contributed by atoms with van der Waals surface area (Å²) in [6.45, 7) is 7.00. The van der Waals surface area contributed by atoms with Crippen LogP contribution in [0.15, 0.2) is 42.5 Å². The largest absolute Gasteiger partial charge is 0.0654 e. The first-order valence-corrected chi connectivity index (χ1v) is 13.4. The van der Waals surface area contributed by atoms with Crippen molar-refractivity contribution in [3.8, 4) is 11.1 Å². The number of hydrogen-bond donors (Lipinski definition) is 0. The van der Waals surface area contributed by atoms with Crippen LogP contribution in [0, 0.1) is 18.8 Å². The molecule has 0 N–H and O–H groups in total. The zero-order valence-corrected chi connectivity index (χ0v) is 20.3. The molecule has 168 valence electrons. The molecular weight excluding hydrogens is 372 g/mol. The second-order valence-electron chi connectivity index (χ2n) is 10.7. The third-order valence-corrected chi connectivity index (χ3v) is 8.51. The summed E-state index contributed by atoms with van der Waals surface area (Å²) in [5.74, 6) is 3.55. The lowest BCUT2D eigenvalue weighted by Crippen LogP contribution is -2.14. The fourth-order valence-corrected chi connectivity index (χ4v) is 6.62. The molecular formula is C31H44. The summed E-state index contributed by atoms with van der Waals surface area (Å²) < 4.78 is 0. The number of hydrogen-bond acceptors (Lipinski definition) is 0. The summed E-state index contributed by atoms with van der Waals surface area (Å²) >= 11 is 0. The van der Waals surface area contributed by atoms with Crippen LogP contribution in [-0.2, 0) is 0 Å². The highest BCUT2D eigenvalue weighted by Crippen LogP contribution is 2.40. The maximum Gasteiger partial charge on any atom is -0.0159 e. The molecule has 0 unspecified atom stereocenters. The van der Waals surface area contributed by atoms with E-state index < -0.39 is 0 Å². The molecule has 2 saturated carbocycles. The molecule has 2 fully saturated rings. The zero-order chi connectivity index (χ0) is 21.6. The second-order valence-corrected chi connectivity index (χ2v) is 10.7. The molecule has 2 aliphatic rings. The second kappa shape index (κ2) is 10.8.